The molecule has 0 aromatic heterocycles. The summed E-state index contributed by atoms with van der Waals surface area (Å²) in [5, 5.41) is 11.6. The second kappa shape index (κ2) is 17.1. The topological polar surface area (TPSA) is 86.7 Å². The molecule has 0 saturated heterocycles. The van der Waals surface area contributed by atoms with E-state index in [1.807, 2.05) is 24.3 Å². The average Bonchev–Trinajstić information content (AvgIpc) is 2.76. The molecule has 0 amide bonds. The number of ether oxygens (including phenoxy) is 1. The normalized spacial score (nSPS) is 11.2. The van der Waals surface area contributed by atoms with Gasteiger partial charge in [0.15, 0.2) is 0 Å². The van der Waals surface area contributed by atoms with E-state index in [0.29, 0.717) is 5.75 Å². The van der Waals surface area contributed by atoms with Gasteiger partial charge >= 0.3 is 51.4 Å². The van der Waals surface area contributed by atoms with Crippen LogP contribution in [-0.4, -0.2) is 13.0 Å². The van der Waals surface area contributed by atoms with Gasteiger partial charge in [0.2, 0.25) is 0 Å². The molecule has 0 heterocycles. The van der Waals surface area contributed by atoms with E-state index >= 15 is 0 Å². The van der Waals surface area contributed by atoms with Crippen LogP contribution in [0.15, 0.2) is 47.4 Å². The van der Waals surface area contributed by atoms with Crippen LogP contribution < -0.4 is 61.2 Å². The standard InChI is InChI=1S/C26H38O5S.K/c1-2-3-4-5-6-7-8-9-10-11-12-13-14-22-15-17-23(18-16-22)31-24-19-20-25(27)26(21-24)32(28,29)30;/h15-21,27H,2-14H2,1H3,(H,28,29,30);/q;+1/p-1. The molecule has 1 N–H and O–H groups in total. The van der Waals surface area contributed by atoms with Gasteiger partial charge in [0.1, 0.15) is 11.5 Å². The zero-order valence-corrected chi connectivity index (χ0v) is 24.2. The van der Waals surface area contributed by atoms with Crippen LogP contribution in [-0.2, 0) is 16.5 Å². The third kappa shape index (κ3) is 12.7. The fourth-order valence-corrected chi connectivity index (χ4v) is 4.37. The Morgan fingerprint density at radius 1 is 0.758 bits per heavy atom. The summed E-state index contributed by atoms with van der Waals surface area (Å²) in [6.07, 6.45) is 17.1. The first-order valence-electron chi connectivity index (χ1n) is 12.0. The van der Waals surface area contributed by atoms with Crippen molar-refractivity contribution in [2.45, 2.75) is 95.3 Å². The van der Waals surface area contributed by atoms with Crippen LogP contribution in [0.3, 0.4) is 0 Å². The molecule has 0 atom stereocenters. The first kappa shape index (κ1) is 30.6. The van der Waals surface area contributed by atoms with E-state index in [2.05, 4.69) is 6.92 Å². The van der Waals surface area contributed by atoms with Gasteiger partial charge < -0.3 is 9.84 Å². The Hall–Kier alpha value is -0.414. The van der Waals surface area contributed by atoms with Crippen LogP contribution in [0, 0.1) is 0 Å². The summed E-state index contributed by atoms with van der Waals surface area (Å²) < 4.78 is 37.3. The minimum Gasteiger partial charge on any atom is -0.872 e. The van der Waals surface area contributed by atoms with Crippen molar-refractivity contribution in [3.8, 4) is 17.2 Å². The van der Waals surface area contributed by atoms with Crippen LogP contribution in [0.25, 0.3) is 0 Å². The SMILES string of the molecule is CCCCCCCCCCCCCCc1ccc(Oc2ccc([O-])c(S(=O)(=O)O)c2)cc1.[K+]. The molecule has 2 rings (SSSR count). The molecule has 0 fully saturated rings. The Bertz CT molecular complexity index is 897. The minimum absolute atomic E-state index is 0. The summed E-state index contributed by atoms with van der Waals surface area (Å²) >= 11 is 0. The van der Waals surface area contributed by atoms with Crippen molar-refractivity contribution >= 4 is 10.1 Å². The Kier molecular flexibility index (Phi) is 15.9. The minimum atomic E-state index is -4.57. The van der Waals surface area contributed by atoms with Crippen LogP contribution in [0.1, 0.15) is 89.5 Å². The molecule has 33 heavy (non-hydrogen) atoms. The van der Waals surface area contributed by atoms with Crippen molar-refractivity contribution in [3.05, 3.63) is 48.0 Å². The Morgan fingerprint density at radius 3 is 1.76 bits per heavy atom. The summed E-state index contributed by atoms with van der Waals surface area (Å²) in [5.74, 6) is -0.0353. The van der Waals surface area contributed by atoms with E-state index in [-0.39, 0.29) is 57.1 Å². The van der Waals surface area contributed by atoms with E-state index in [4.69, 9.17) is 9.29 Å². The van der Waals surface area contributed by atoms with Gasteiger partial charge in [0.05, 0.1) is 4.90 Å². The molecule has 0 radical (unpaired) electrons. The monoisotopic (exact) mass is 500 g/mol. The maximum Gasteiger partial charge on any atom is 1.00 e. The smallest absolute Gasteiger partial charge is 0.872 e. The summed E-state index contributed by atoms with van der Waals surface area (Å²) in [4.78, 5) is -0.682. The molecule has 0 aliphatic heterocycles. The maximum atomic E-state index is 11.6. The number of hydrogen-bond donors (Lipinski definition) is 1. The summed E-state index contributed by atoms with van der Waals surface area (Å²) in [5.41, 5.74) is 1.23. The van der Waals surface area contributed by atoms with Crippen molar-refractivity contribution < 1.29 is 74.2 Å². The predicted molar refractivity (Wildman–Crippen MR) is 127 cm³/mol. The number of rotatable bonds is 16. The van der Waals surface area contributed by atoms with Gasteiger partial charge in [-0.25, -0.2) is 0 Å². The molecule has 0 unspecified atom stereocenters. The van der Waals surface area contributed by atoms with Gasteiger partial charge in [-0.15, -0.1) is 0 Å². The van der Waals surface area contributed by atoms with E-state index in [1.54, 1.807) is 0 Å². The number of aryl methyl sites for hydroxylation is 1. The summed E-state index contributed by atoms with van der Waals surface area (Å²) in [6.45, 7) is 2.26. The molecule has 5 nitrogen and oxygen atoms in total. The molecule has 0 aliphatic rings. The van der Waals surface area contributed by atoms with Gasteiger partial charge in [-0.1, -0.05) is 102 Å². The largest absolute Gasteiger partial charge is 1.00 e. The Morgan fingerprint density at radius 2 is 1.24 bits per heavy atom. The van der Waals surface area contributed by atoms with Crippen molar-refractivity contribution in [1.82, 2.24) is 0 Å². The van der Waals surface area contributed by atoms with E-state index < -0.39 is 20.8 Å². The number of unbranched alkanes of at least 4 members (excludes halogenated alkanes) is 11. The van der Waals surface area contributed by atoms with E-state index in [1.165, 1.54) is 88.7 Å². The third-order valence-electron chi connectivity index (χ3n) is 5.67. The molecule has 2 aromatic carbocycles. The maximum absolute atomic E-state index is 11.6. The molecule has 0 bridgehead atoms. The third-order valence-corrected chi connectivity index (χ3v) is 6.55. The van der Waals surface area contributed by atoms with Crippen LogP contribution in [0.5, 0.6) is 17.2 Å². The zero-order valence-electron chi connectivity index (χ0n) is 20.2. The Labute approximate surface area is 242 Å². The van der Waals surface area contributed by atoms with Gasteiger partial charge in [-0.3, -0.25) is 4.55 Å². The summed E-state index contributed by atoms with van der Waals surface area (Å²) in [6, 6.07) is 11.1. The van der Waals surface area contributed by atoms with E-state index in [9.17, 15) is 13.5 Å². The summed E-state index contributed by atoms with van der Waals surface area (Å²) in [7, 11) is -4.57. The van der Waals surface area contributed by atoms with E-state index in [0.717, 1.165) is 18.6 Å². The molecule has 0 aliphatic carbocycles. The first-order chi connectivity index (χ1) is 15.4. The van der Waals surface area contributed by atoms with Gasteiger partial charge in [-0.05, 0) is 36.6 Å². The molecule has 0 spiro atoms. The van der Waals surface area contributed by atoms with Crippen molar-refractivity contribution in [2.75, 3.05) is 0 Å². The van der Waals surface area contributed by atoms with Crippen LogP contribution in [0.4, 0.5) is 0 Å². The first-order valence-corrected chi connectivity index (χ1v) is 13.4. The quantitative estimate of drug-likeness (QED) is 0.213. The average molecular weight is 501 g/mol. The molecular weight excluding hydrogens is 463 g/mol. The van der Waals surface area contributed by atoms with Crippen molar-refractivity contribution in [2.24, 2.45) is 0 Å². The number of benzene rings is 2. The van der Waals surface area contributed by atoms with Gasteiger partial charge in [0, 0.05) is 6.07 Å². The molecule has 178 valence electrons. The molecule has 2 aromatic rings. The number of hydrogen-bond acceptors (Lipinski definition) is 4. The van der Waals surface area contributed by atoms with Gasteiger partial charge in [-0.2, -0.15) is 8.42 Å². The van der Waals surface area contributed by atoms with Crippen molar-refractivity contribution in [3.63, 3.8) is 0 Å². The predicted octanol–water partition coefficient (Wildman–Crippen LogP) is 4.05. The molecule has 7 heteroatoms. The van der Waals surface area contributed by atoms with Crippen molar-refractivity contribution in [1.29, 1.82) is 0 Å². The molecule has 0 saturated carbocycles. The fourth-order valence-electron chi connectivity index (χ4n) is 3.78. The second-order valence-electron chi connectivity index (χ2n) is 8.47. The van der Waals surface area contributed by atoms with Crippen LogP contribution >= 0.6 is 0 Å². The molecular formula is C26H37KO5S. The second-order valence-corrected chi connectivity index (χ2v) is 9.86. The van der Waals surface area contributed by atoms with Gasteiger partial charge in [0.25, 0.3) is 10.1 Å². The van der Waals surface area contributed by atoms with Crippen LogP contribution in [0.2, 0.25) is 0 Å². The zero-order chi connectivity index (χ0) is 23.2. The Balaban J connectivity index is 0.00000544. The fraction of sp³-hybridized carbons (Fsp3) is 0.538.